The van der Waals surface area contributed by atoms with E-state index in [1.807, 2.05) is 0 Å². The molecule has 0 amide bonds. The van der Waals surface area contributed by atoms with E-state index in [4.69, 9.17) is 10.3 Å². The third-order valence-corrected chi connectivity index (χ3v) is 1.79. The number of nitrogens with two attached hydrogens (primary N) is 1. The highest BCUT2D eigenvalue weighted by Gasteiger charge is 2.17. The average molecular weight is 197 g/mol. The largest absolute Gasteiger partial charge is 0.460 e. The maximum absolute atomic E-state index is 10.3. The smallest absolute Gasteiger partial charge is 0.302 e. The van der Waals surface area contributed by atoms with Gasteiger partial charge in [-0.1, -0.05) is 0 Å². The first kappa shape index (κ1) is 11.3. The van der Waals surface area contributed by atoms with E-state index >= 15 is 0 Å². The first-order chi connectivity index (χ1) is 5.35. The van der Waals surface area contributed by atoms with E-state index in [1.165, 1.54) is 0 Å². The predicted molar refractivity (Wildman–Crippen MR) is 41.0 cm³/mol. The first-order valence-corrected chi connectivity index (χ1v) is 4.78. The molecule has 0 rings (SSSR count). The summed E-state index contributed by atoms with van der Waals surface area (Å²) in [7, 11) is -4.14. The Labute approximate surface area is 70.4 Å². The minimum Gasteiger partial charge on any atom is -0.460 e. The van der Waals surface area contributed by atoms with Gasteiger partial charge in [-0.3, -0.25) is 9.35 Å². The Morgan fingerprint density at radius 1 is 1.67 bits per heavy atom. The molecule has 12 heavy (non-hydrogen) atoms. The first-order valence-electron chi connectivity index (χ1n) is 3.17. The topological polar surface area (TPSA) is 107 Å². The molecular formula is C5H11NO5S. The van der Waals surface area contributed by atoms with Crippen molar-refractivity contribution >= 4 is 16.1 Å². The summed E-state index contributed by atoms with van der Waals surface area (Å²) in [6.07, 6.45) is -0.975. The van der Waals surface area contributed by atoms with Gasteiger partial charge in [0.15, 0.2) is 0 Å². The molecule has 7 heteroatoms. The fourth-order valence-corrected chi connectivity index (χ4v) is 1.29. The summed E-state index contributed by atoms with van der Waals surface area (Å²) in [6.45, 7) is 0.992. The molecule has 0 aliphatic carbocycles. The van der Waals surface area contributed by atoms with Crippen molar-refractivity contribution in [3.05, 3.63) is 0 Å². The van der Waals surface area contributed by atoms with Crippen molar-refractivity contribution < 1.29 is 22.5 Å². The van der Waals surface area contributed by atoms with Crippen LogP contribution in [0.1, 0.15) is 6.92 Å². The second-order valence-electron chi connectivity index (χ2n) is 2.22. The van der Waals surface area contributed by atoms with Crippen LogP contribution < -0.4 is 5.73 Å². The molecule has 0 spiro atoms. The number of esters is 1. The highest BCUT2D eigenvalue weighted by atomic mass is 32.2. The molecule has 0 aromatic heterocycles. The molecule has 0 aromatic rings. The Bertz CT molecular complexity index is 247. The summed E-state index contributed by atoms with van der Waals surface area (Å²) in [6, 6.07) is 0. The molecule has 0 radical (unpaired) electrons. The normalized spacial score (nSPS) is 13.9. The molecular weight excluding hydrogens is 186 g/mol. The Kier molecular flexibility index (Phi) is 4.15. The Balaban J connectivity index is 4.10. The predicted octanol–water partition coefficient (Wildman–Crippen LogP) is -1.24. The van der Waals surface area contributed by atoms with Crippen LogP contribution in [0.3, 0.4) is 0 Å². The minimum absolute atomic E-state index is 0.140. The summed E-state index contributed by atoms with van der Waals surface area (Å²) < 4.78 is 33.4. The van der Waals surface area contributed by atoms with Gasteiger partial charge in [-0.05, 0) is 0 Å². The third-order valence-electron chi connectivity index (χ3n) is 0.992. The molecule has 0 saturated heterocycles. The van der Waals surface area contributed by atoms with Crippen molar-refractivity contribution in [2.75, 3.05) is 12.3 Å². The van der Waals surface area contributed by atoms with E-state index < -0.39 is 27.9 Å². The SMILES string of the molecule is CC(=O)OC(CN)CS(=O)(=O)O. The maximum Gasteiger partial charge on any atom is 0.302 e. The Hall–Kier alpha value is -0.660. The van der Waals surface area contributed by atoms with Crippen molar-refractivity contribution in [2.45, 2.75) is 13.0 Å². The molecule has 3 N–H and O–H groups in total. The fraction of sp³-hybridized carbons (Fsp3) is 0.800. The summed E-state index contributed by atoms with van der Waals surface area (Å²) in [5.41, 5.74) is 5.08. The molecule has 6 nitrogen and oxygen atoms in total. The maximum atomic E-state index is 10.3. The standard InChI is InChI=1S/C5H11NO5S/c1-4(7)11-5(2-6)3-12(8,9)10/h5H,2-3,6H2,1H3,(H,8,9,10). The number of hydrogen-bond acceptors (Lipinski definition) is 5. The fourth-order valence-electron chi connectivity index (χ4n) is 0.620. The molecule has 0 heterocycles. The summed E-state index contributed by atoms with van der Waals surface area (Å²) in [4.78, 5) is 10.3. The molecule has 0 aliphatic rings. The van der Waals surface area contributed by atoms with Crippen molar-refractivity contribution in [3.63, 3.8) is 0 Å². The molecule has 0 bridgehead atoms. The van der Waals surface area contributed by atoms with Gasteiger partial charge in [-0.15, -0.1) is 0 Å². The van der Waals surface area contributed by atoms with Gasteiger partial charge in [-0.2, -0.15) is 8.42 Å². The average Bonchev–Trinajstić information content (AvgIpc) is 1.82. The van der Waals surface area contributed by atoms with Gasteiger partial charge in [0.05, 0.1) is 0 Å². The molecule has 1 atom stereocenters. The zero-order valence-electron chi connectivity index (χ0n) is 6.56. The quantitative estimate of drug-likeness (QED) is 0.431. The van der Waals surface area contributed by atoms with Crippen molar-refractivity contribution in [2.24, 2.45) is 5.73 Å². The van der Waals surface area contributed by atoms with Crippen LogP contribution in [0.15, 0.2) is 0 Å². The second-order valence-corrected chi connectivity index (χ2v) is 3.71. The van der Waals surface area contributed by atoms with Gasteiger partial charge < -0.3 is 10.5 Å². The number of rotatable bonds is 4. The van der Waals surface area contributed by atoms with Gasteiger partial charge in [0.25, 0.3) is 10.1 Å². The summed E-state index contributed by atoms with van der Waals surface area (Å²) in [5, 5.41) is 0. The summed E-state index contributed by atoms with van der Waals surface area (Å²) in [5.74, 6) is -1.29. The lowest BCUT2D eigenvalue weighted by molar-refractivity contribution is -0.144. The monoisotopic (exact) mass is 197 g/mol. The molecule has 0 fully saturated rings. The lowest BCUT2D eigenvalue weighted by atomic mass is 10.4. The van der Waals surface area contributed by atoms with Crippen LogP contribution in [0.25, 0.3) is 0 Å². The van der Waals surface area contributed by atoms with Crippen LogP contribution in [0, 0.1) is 0 Å². The van der Waals surface area contributed by atoms with Gasteiger partial charge in [0, 0.05) is 13.5 Å². The number of carbonyl (C=O) groups excluding carboxylic acids is 1. The molecule has 0 aliphatic heterocycles. The van der Waals surface area contributed by atoms with Gasteiger partial charge in [0.2, 0.25) is 0 Å². The lowest BCUT2D eigenvalue weighted by Crippen LogP contribution is -2.32. The van der Waals surface area contributed by atoms with E-state index in [0.29, 0.717) is 0 Å². The van der Waals surface area contributed by atoms with E-state index in [9.17, 15) is 13.2 Å². The zero-order valence-corrected chi connectivity index (χ0v) is 7.37. The number of carbonyl (C=O) groups is 1. The Morgan fingerprint density at radius 3 is 2.42 bits per heavy atom. The van der Waals surface area contributed by atoms with E-state index in [0.717, 1.165) is 6.92 Å². The third kappa shape index (κ3) is 6.08. The van der Waals surface area contributed by atoms with Crippen molar-refractivity contribution in [1.29, 1.82) is 0 Å². The highest BCUT2D eigenvalue weighted by Crippen LogP contribution is 1.95. The molecule has 72 valence electrons. The van der Waals surface area contributed by atoms with E-state index in [1.54, 1.807) is 0 Å². The highest BCUT2D eigenvalue weighted by molar-refractivity contribution is 7.85. The zero-order chi connectivity index (χ0) is 9.78. The molecule has 0 saturated carbocycles. The van der Waals surface area contributed by atoms with E-state index in [2.05, 4.69) is 4.74 Å². The molecule has 1 unspecified atom stereocenters. The molecule has 0 aromatic carbocycles. The number of hydrogen-bond donors (Lipinski definition) is 2. The van der Waals surface area contributed by atoms with Crippen molar-refractivity contribution in [3.8, 4) is 0 Å². The van der Waals surface area contributed by atoms with Crippen LogP contribution >= 0.6 is 0 Å². The minimum atomic E-state index is -4.14. The lowest BCUT2D eigenvalue weighted by Gasteiger charge is -2.12. The van der Waals surface area contributed by atoms with Crippen LogP contribution in [-0.2, 0) is 19.6 Å². The van der Waals surface area contributed by atoms with E-state index in [-0.39, 0.29) is 6.54 Å². The second kappa shape index (κ2) is 4.39. The van der Waals surface area contributed by atoms with Crippen molar-refractivity contribution in [1.82, 2.24) is 0 Å². The van der Waals surface area contributed by atoms with Gasteiger partial charge in [-0.25, -0.2) is 0 Å². The van der Waals surface area contributed by atoms with Gasteiger partial charge in [0.1, 0.15) is 11.9 Å². The van der Waals surface area contributed by atoms with Gasteiger partial charge >= 0.3 is 5.97 Å². The number of ether oxygens (including phenoxy) is 1. The summed E-state index contributed by atoms with van der Waals surface area (Å²) >= 11 is 0. The van der Waals surface area contributed by atoms with Crippen LogP contribution in [-0.4, -0.2) is 37.3 Å². The van der Waals surface area contributed by atoms with Crippen LogP contribution in [0.5, 0.6) is 0 Å². The Morgan fingerprint density at radius 2 is 2.17 bits per heavy atom. The van der Waals surface area contributed by atoms with Crippen LogP contribution in [0.4, 0.5) is 0 Å². The van der Waals surface area contributed by atoms with Crippen LogP contribution in [0.2, 0.25) is 0 Å².